The van der Waals surface area contributed by atoms with Crippen LogP contribution >= 0.6 is 15.9 Å². The van der Waals surface area contributed by atoms with Gasteiger partial charge in [-0.15, -0.1) is 0 Å². The molecule has 0 aliphatic heterocycles. The number of benzene rings is 1. The molecule has 1 N–H and O–H groups in total. The minimum absolute atomic E-state index is 0.0302. The molecule has 0 fully saturated rings. The maximum absolute atomic E-state index is 11.7. The molecule has 0 radical (unpaired) electrons. The monoisotopic (exact) mass is 299 g/mol. The lowest BCUT2D eigenvalue weighted by Crippen LogP contribution is -2.27. The van der Waals surface area contributed by atoms with Crippen molar-refractivity contribution in [3.63, 3.8) is 0 Å². The predicted molar refractivity (Wildman–Crippen MR) is 72.7 cm³/mol. The fourth-order valence-electron chi connectivity index (χ4n) is 1.49. The Hall–Kier alpha value is -1.03. The van der Waals surface area contributed by atoms with E-state index < -0.39 is 0 Å². The van der Waals surface area contributed by atoms with Gasteiger partial charge in [-0.25, -0.2) is 0 Å². The Morgan fingerprint density at radius 2 is 2.18 bits per heavy atom. The van der Waals surface area contributed by atoms with Gasteiger partial charge in [0.2, 0.25) is 5.91 Å². The molecular weight excluding hydrogens is 282 g/mol. The summed E-state index contributed by atoms with van der Waals surface area (Å²) in [5.41, 5.74) is 0.916. The van der Waals surface area contributed by atoms with Crippen molar-refractivity contribution in [3.05, 3.63) is 29.8 Å². The van der Waals surface area contributed by atoms with E-state index in [9.17, 15) is 4.79 Å². The fraction of sp³-hybridized carbons (Fsp3) is 0.462. The normalized spacial score (nSPS) is 11.9. The van der Waals surface area contributed by atoms with Crippen LogP contribution < -0.4 is 10.1 Å². The highest BCUT2D eigenvalue weighted by atomic mass is 79.9. The Morgan fingerprint density at radius 3 is 2.82 bits per heavy atom. The van der Waals surface area contributed by atoms with E-state index in [1.165, 1.54) is 0 Å². The van der Waals surface area contributed by atoms with E-state index in [1.54, 1.807) is 7.11 Å². The average Bonchev–Trinajstić information content (AvgIpc) is 2.29. The number of methoxy groups -OCH3 is 1. The molecule has 0 aliphatic carbocycles. The highest BCUT2D eigenvalue weighted by Crippen LogP contribution is 2.17. The lowest BCUT2D eigenvalue weighted by Gasteiger charge is -2.09. The zero-order chi connectivity index (χ0) is 12.7. The number of hydrogen-bond donors (Lipinski definition) is 1. The number of amides is 1. The van der Waals surface area contributed by atoms with Gasteiger partial charge in [0.25, 0.3) is 0 Å². The van der Waals surface area contributed by atoms with Crippen LogP contribution in [0.3, 0.4) is 0 Å². The zero-order valence-electron chi connectivity index (χ0n) is 10.2. The zero-order valence-corrected chi connectivity index (χ0v) is 11.8. The third-order valence-corrected chi connectivity index (χ3v) is 2.87. The molecule has 3 nitrogen and oxygen atoms in total. The van der Waals surface area contributed by atoms with Gasteiger partial charge in [-0.05, 0) is 12.5 Å². The summed E-state index contributed by atoms with van der Waals surface area (Å²) < 4.78 is 5.20. The Labute approximate surface area is 111 Å². The van der Waals surface area contributed by atoms with Gasteiger partial charge in [0.15, 0.2) is 0 Å². The number of carbonyl (C=O) groups is 1. The maximum atomic E-state index is 11.7. The minimum Gasteiger partial charge on any atom is -0.496 e. The first-order valence-corrected chi connectivity index (χ1v) is 6.57. The van der Waals surface area contributed by atoms with E-state index in [-0.39, 0.29) is 5.91 Å². The summed E-state index contributed by atoms with van der Waals surface area (Å²) in [6.45, 7) is 2.76. The SMILES string of the molecule is COc1ccccc1CC(=O)NCCC(C)Br. The molecule has 0 spiro atoms. The first-order chi connectivity index (χ1) is 8.13. The second kappa shape index (κ2) is 7.33. The summed E-state index contributed by atoms with van der Waals surface area (Å²) in [7, 11) is 1.61. The highest BCUT2D eigenvalue weighted by molar-refractivity contribution is 9.09. The van der Waals surface area contributed by atoms with Crippen LogP contribution in [0.1, 0.15) is 18.9 Å². The molecular formula is C13H18BrNO2. The Morgan fingerprint density at radius 1 is 1.47 bits per heavy atom. The minimum atomic E-state index is 0.0302. The molecule has 0 heterocycles. The Kier molecular flexibility index (Phi) is 6.05. The van der Waals surface area contributed by atoms with Crippen LogP contribution in [0.2, 0.25) is 0 Å². The summed E-state index contributed by atoms with van der Waals surface area (Å²) in [4.78, 5) is 12.1. The lowest BCUT2D eigenvalue weighted by atomic mass is 10.1. The van der Waals surface area contributed by atoms with Crippen LogP contribution in [-0.4, -0.2) is 24.4 Å². The maximum Gasteiger partial charge on any atom is 0.224 e. The molecule has 0 aromatic heterocycles. The van der Waals surface area contributed by atoms with Crippen molar-refractivity contribution in [1.29, 1.82) is 0 Å². The average molecular weight is 300 g/mol. The quantitative estimate of drug-likeness (QED) is 0.820. The van der Waals surface area contributed by atoms with Gasteiger partial charge in [0, 0.05) is 16.9 Å². The van der Waals surface area contributed by atoms with Crippen molar-refractivity contribution in [1.82, 2.24) is 5.32 Å². The van der Waals surface area contributed by atoms with E-state index >= 15 is 0 Å². The van der Waals surface area contributed by atoms with E-state index in [4.69, 9.17) is 4.74 Å². The van der Waals surface area contributed by atoms with Crippen molar-refractivity contribution >= 4 is 21.8 Å². The van der Waals surface area contributed by atoms with Crippen molar-refractivity contribution < 1.29 is 9.53 Å². The van der Waals surface area contributed by atoms with Crippen molar-refractivity contribution in [2.45, 2.75) is 24.6 Å². The molecule has 0 saturated carbocycles. The second-order valence-electron chi connectivity index (χ2n) is 3.91. The summed E-state index contributed by atoms with van der Waals surface area (Å²) in [6, 6.07) is 7.58. The second-order valence-corrected chi connectivity index (χ2v) is 5.47. The molecule has 1 aromatic carbocycles. The largest absolute Gasteiger partial charge is 0.496 e. The molecule has 17 heavy (non-hydrogen) atoms. The molecule has 1 unspecified atom stereocenters. The fourth-order valence-corrected chi connectivity index (χ4v) is 1.72. The number of halogens is 1. The molecule has 1 amide bonds. The van der Waals surface area contributed by atoms with E-state index in [2.05, 4.69) is 28.2 Å². The smallest absolute Gasteiger partial charge is 0.224 e. The molecule has 0 bridgehead atoms. The van der Waals surface area contributed by atoms with Crippen molar-refractivity contribution in [2.24, 2.45) is 0 Å². The van der Waals surface area contributed by atoms with Gasteiger partial charge in [-0.1, -0.05) is 41.1 Å². The lowest BCUT2D eigenvalue weighted by molar-refractivity contribution is -0.120. The van der Waals surface area contributed by atoms with Crippen molar-refractivity contribution in [2.75, 3.05) is 13.7 Å². The van der Waals surface area contributed by atoms with Crippen LogP contribution in [0.15, 0.2) is 24.3 Å². The molecule has 1 rings (SSSR count). The van der Waals surface area contributed by atoms with Crippen LogP contribution in [0.4, 0.5) is 0 Å². The van der Waals surface area contributed by atoms with Gasteiger partial charge < -0.3 is 10.1 Å². The van der Waals surface area contributed by atoms with E-state index in [0.29, 0.717) is 17.8 Å². The number of carbonyl (C=O) groups excluding carboxylic acids is 1. The van der Waals surface area contributed by atoms with Crippen LogP contribution in [0, 0.1) is 0 Å². The summed E-state index contributed by atoms with van der Waals surface area (Å²) >= 11 is 3.44. The molecule has 4 heteroatoms. The van der Waals surface area contributed by atoms with Gasteiger partial charge >= 0.3 is 0 Å². The summed E-state index contributed by atoms with van der Waals surface area (Å²) in [6.07, 6.45) is 1.29. The van der Waals surface area contributed by atoms with Gasteiger partial charge in [-0.3, -0.25) is 4.79 Å². The predicted octanol–water partition coefficient (Wildman–Crippen LogP) is 2.53. The molecule has 0 aliphatic rings. The van der Waals surface area contributed by atoms with Crippen molar-refractivity contribution in [3.8, 4) is 5.75 Å². The number of nitrogens with one attached hydrogen (secondary N) is 1. The molecule has 94 valence electrons. The van der Waals surface area contributed by atoms with Crippen LogP contribution in [-0.2, 0) is 11.2 Å². The first kappa shape index (κ1) is 14.0. The van der Waals surface area contributed by atoms with E-state index in [0.717, 1.165) is 17.7 Å². The van der Waals surface area contributed by atoms with Crippen LogP contribution in [0.25, 0.3) is 0 Å². The van der Waals surface area contributed by atoms with Gasteiger partial charge in [0.1, 0.15) is 5.75 Å². The Balaban J connectivity index is 2.45. The standard InChI is InChI=1S/C13H18BrNO2/c1-10(14)7-8-15-13(16)9-11-5-3-4-6-12(11)17-2/h3-6,10H,7-9H2,1-2H3,(H,15,16). The highest BCUT2D eigenvalue weighted by Gasteiger charge is 2.07. The topological polar surface area (TPSA) is 38.3 Å². The Bertz CT molecular complexity index is 366. The number of ether oxygens (including phenoxy) is 1. The molecule has 0 saturated heterocycles. The van der Waals surface area contributed by atoms with E-state index in [1.807, 2.05) is 24.3 Å². The summed E-state index contributed by atoms with van der Waals surface area (Å²) in [5, 5.41) is 2.89. The van der Waals surface area contributed by atoms with Gasteiger partial charge in [0.05, 0.1) is 13.5 Å². The number of para-hydroxylation sites is 1. The number of hydrogen-bond acceptors (Lipinski definition) is 2. The number of alkyl halides is 1. The first-order valence-electron chi connectivity index (χ1n) is 5.66. The van der Waals surface area contributed by atoms with Gasteiger partial charge in [-0.2, -0.15) is 0 Å². The third kappa shape index (κ3) is 5.22. The van der Waals surface area contributed by atoms with Crippen LogP contribution in [0.5, 0.6) is 5.75 Å². The molecule has 1 atom stereocenters. The third-order valence-electron chi connectivity index (χ3n) is 2.41. The molecule has 1 aromatic rings. The summed E-state index contributed by atoms with van der Waals surface area (Å²) in [5.74, 6) is 0.791. The number of rotatable bonds is 6.